The molecule has 0 spiro atoms. The van der Waals surface area contributed by atoms with Gasteiger partial charge >= 0.3 is 5.97 Å². The summed E-state index contributed by atoms with van der Waals surface area (Å²) >= 11 is 0. The van der Waals surface area contributed by atoms with Gasteiger partial charge < -0.3 is 5.11 Å². The highest BCUT2D eigenvalue weighted by molar-refractivity contribution is 5.97. The number of nitrogens with zero attached hydrogens (tertiary/aromatic N) is 1. The van der Waals surface area contributed by atoms with Crippen LogP contribution < -0.4 is 0 Å². The Bertz CT molecular complexity index is 234. The van der Waals surface area contributed by atoms with E-state index in [2.05, 4.69) is 0 Å². The number of carboxylic acids is 1. The van der Waals surface area contributed by atoms with Gasteiger partial charge in [-0.3, -0.25) is 9.69 Å². The number of likely N-dealkylation sites (tertiary alicyclic amines) is 1. The molecule has 0 aliphatic carbocycles. The average Bonchev–Trinajstić information content (AvgIpc) is 2.58. The summed E-state index contributed by atoms with van der Waals surface area (Å²) in [6, 6.07) is 0. The first-order valence-corrected chi connectivity index (χ1v) is 4.93. The molecule has 4 nitrogen and oxygen atoms in total. The molecule has 1 unspecified atom stereocenters. The third-order valence-corrected chi connectivity index (χ3v) is 2.92. The van der Waals surface area contributed by atoms with E-state index in [0.29, 0.717) is 13.1 Å². The highest BCUT2D eigenvalue weighted by Crippen LogP contribution is 2.27. The van der Waals surface area contributed by atoms with E-state index in [1.165, 1.54) is 0 Å². The maximum absolute atomic E-state index is 11.2. The molecule has 1 radical (unpaired) electrons. The van der Waals surface area contributed by atoms with Crippen LogP contribution in [0.5, 0.6) is 0 Å². The summed E-state index contributed by atoms with van der Waals surface area (Å²) in [4.78, 5) is 23.9. The summed E-state index contributed by atoms with van der Waals surface area (Å²) in [7, 11) is 0. The van der Waals surface area contributed by atoms with Crippen LogP contribution in [0.3, 0.4) is 0 Å². The molecule has 1 aliphatic rings. The second-order valence-corrected chi connectivity index (χ2v) is 4.02. The topological polar surface area (TPSA) is 57.6 Å². The SMILES string of the molecule is CC(C)C([C]=O)(C(=O)O)N1CCCC1. The van der Waals surface area contributed by atoms with Crippen LogP contribution in [0.2, 0.25) is 0 Å². The van der Waals surface area contributed by atoms with Gasteiger partial charge in [-0.05, 0) is 31.8 Å². The van der Waals surface area contributed by atoms with Crippen molar-refractivity contribution in [2.75, 3.05) is 13.1 Å². The van der Waals surface area contributed by atoms with E-state index >= 15 is 0 Å². The number of carbonyl (C=O) groups excluding carboxylic acids is 1. The predicted molar refractivity (Wildman–Crippen MR) is 51.7 cm³/mol. The van der Waals surface area contributed by atoms with Gasteiger partial charge in [-0.15, -0.1) is 0 Å². The van der Waals surface area contributed by atoms with Gasteiger partial charge in [-0.1, -0.05) is 13.8 Å². The van der Waals surface area contributed by atoms with E-state index < -0.39 is 11.5 Å². The lowest BCUT2D eigenvalue weighted by atomic mass is 9.86. The Balaban J connectivity index is 2.99. The molecule has 1 aliphatic heterocycles. The summed E-state index contributed by atoms with van der Waals surface area (Å²) in [6.07, 6.45) is 3.66. The van der Waals surface area contributed by atoms with Gasteiger partial charge in [0.05, 0.1) is 0 Å². The number of rotatable bonds is 4. The Morgan fingerprint density at radius 3 is 2.21 bits per heavy atom. The molecular formula is C10H16NO3. The van der Waals surface area contributed by atoms with Gasteiger partial charge in [0, 0.05) is 0 Å². The first-order valence-electron chi connectivity index (χ1n) is 4.93. The monoisotopic (exact) mass is 198 g/mol. The summed E-state index contributed by atoms with van der Waals surface area (Å²) in [5.74, 6) is -1.33. The maximum Gasteiger partial charge on any atom is 0.332 e. The zero-order chi connectivity index (χ0) is 10.8. The van der Waals surface area contributed by atoms with E-state index in [9.17, 15) is 9.59 Å². The smallest absolute Gasteiger partial charge is 0.332 e. The Hall–Kier alpha value is -0.900. The number of aliphatic carboxylic acids is 1. The fourth-order valence-corrected chi connectivity index (χ4v) is 2.04. The van der Waals surface area contributed by atoms with E-state index in [-0.39, 0.29) is 5.92 Å². The first kappa shape index (κ1) is 11.2. The Morgan fingerprint density at radius 1 is 1.43 bits per heavy atom. The maximum atomic E-state index is 11.2. The molecule has 14 heavy (non-hydrogen) atoms. The number of carbonyl (C=O) groups is 1. The highest BCUT2D eigenvalue weighted by Gasteiger charge is 2.49. The van der Waals surface area contributed by atoms with E-state index in [1.807, 2.05) is 0 Å². The van der Waals surface area contributed by atoms with Crippen molar-refractivity contribution in [2.24, 2.45) is 5.92 Å². The lowest BCUT2D eigenvalue weighted by Crippen LogP contribution is -2.58. The van der Waals surface area contributed by atoms with Gasteiger partial charge in [0.1, 0.15) is 0 Å². The lowest BCUT2D eigenvalue weighted by molar-refractivity contribution is -0.148. The first-order chi connectivity index (χ1) is 6.55. The molecule has 79 valence electrons. The normalized spacial score (nSPS) is 22.2. The minimum atomic E-state index is -1.43. The molecule has 1 saturated heterocycles. The molecule has 0 amide bonds. The Morgan fingerprint density at radius 2 is 1.93 bits per heavy atom. The second kappa shape index (κ2) is 4.09. The van der Waals surface area contributed by atoms with Gasteiger partial charge in [0.25, 0.3) is 0 Å². The molecule has 1 atom stereocenters. The molecule has 0 aromatic carbocycles. The van der Waals surface area contributed by atoms with E-state index in [0.717, 1.165) is 12.8 Å². The van der Waals surface area contributed by atoms with Crippen LogP contribution in [0.15, 0.2) is 0 Å². The quantitative estimate of drug-likeness (QED) is 0.674. The second-order valence-electron chi connectivity index (χ2n) is 4.02. The molecule has 1 N–H and O–H groups in total. The lowest BCUT2D eigenvalue weighted by Gasteiger charge is -2.35. The third kappa shape index (κ3) is 1.54. The van der Waals surface area contributed by atoms with Gasteiger partial charge in [-0.2, -0.15) is 0 Å². The molecule has 1 rings (SSSR count). The molecule has 4 heteroatoms. The van der Waals surface area contributed by atoms with Crippen molar-refractivity contribution in [1.82, 2.24) is 4.90 Å². The van der Waals surface area contributed by atoms with Crippen LogP contribution in [0.4, 0.5) is 0 Å². The van der Waals surface area contributed by atoms with E-state index in [1.54, 1.807) is 25.0 Å². The van der Waals surface area contributed by atoms with Crippen molar-refractivity contribution in [3.05, 3.63) is 0 Å². The van der Waals surface area contributed by atoms with Crippen LogP contribution in [-0.4, -0.2) is 40.9 Å². The fraction of sp³-hybridized carbons (Fsp3) is 0.800. The standard InChI is InChI=1S/C10H16NO3/c1-8(2)10(7-12,9(13)14)11-5-3-4-6-11/h8H,3-6H2,1-2H3,(H,13,14). The van der Waals surface area contributed by atoms with Crippen LogP contribution in [0.25, 0.3) is 0 Å². The zero-order valence-corrected chi connectivity index (χ0v) is 8.62. The van der Waals surface area contributed by atoms with Crippen molar-refractivity contribution in [3.63, 3.8) is 0 Å². The highest BCUT2D eigenvalue weighted by atomic mass is 16.4. The largest absolute Gasteiger partial charge is 0.480 e. The van der Waals surface area contributed by atoms with Crippen molar-refractivity contribution < 1.29 is 14.7 Å². The molecule has 1 heterocycles. The number of carboxylic acid groups (broad SMARTS) is 1. The fourth-order valence-electron chi connectivity index (χ4n) is 2.04. The molecule has 1 fully saturated rings. The minimum Gasteiger partial charge on any atom is -0.480 e. The number of hydrogen-bond donors (Lipinski definition) is 1. The summed E-state index contributed by atoms with van der Waals surface area (Å²) in [5, 5.41) is 9.15. The van der Waals surface area contributed by atoms with Crippen LogP contribution in [-0.2, 0) is 9.59 Å². The molecule has 0 bridgehead atoms. The van der Waals surface area contributed by atoms with E-state index in [4.69, 9.17) is 5.11 Å². The molecule has 0 saturated carbocycles. The molecule has 0 aromatic heterocycles. The van der Waals surface area contributed by atoms with Crippen LogP contribution >= 0.6 is 0 Å². The summed E-state index contributed by atoms with van der Waals surface area (Å²) in [6.45, 7) is 4.86. The summed E-state index contributed by atoms with van der Waals surface area (Å²) < 4.78 is 0. The van der Waals surface area contributed by atoms with Crippen LogP contribution in [0, 0.1) is 5.92 Å². The van der Waals surface area contributed by atoms with Crippen molar-refractivity contribution in [2.45, 2.75) is 32.2 Å². The third-order valence-electron chi connectivity index (χ3n) is 2.92. The van der Waals surface area contributed by atoms with Gasteiger partial charge in [0.2, 0.25) is 6.29 Å². The van der Waals surface area contributed by atoms with Crippen LogP contribution in [0.1, 0.15) is 26.7 Å². The minimum absolute atomic E-state index is 0.254. The zero-order valence-electron chi connectivity index (χ0n) is 8.62. The van der Waals surface area contributed by atoms with Gasteiger partial charge in [-0.25, -0.2) is 4.79 Å². The van der Waals surface area contributed by atoms with Gasteiger partial charge in [0.15, 0.2) is 5.54 Å². The average molecular weight is 198 g/mol. The Kier molecular flexibility index (Phi) is 3.26. The summed E-state index contributed by atoms with van der Waals surface area (Å²) in [5.41, 5.74) is -1.43. The molecule has 0 aromatic rings. The predicted octanol–water partition coefficient (Wildman–Crippen LogP) is 0.671. The van der Waals surface area contributed by atoms with Crippen molar-refractivity contribution >= 4 is 12.3 Å². The van der Waals surface area contributed by atoms with Crippen molar-refractivity contribution in [3.8, 4) is 0 Å². The number of hydrogen-bond acceptors (Lipinski definition) is 3. The Labute approximate surface area is 83.9 Å². The van der Waals surface area contributed by atoms with Crippen molar-refractivity contribution in [1.29, 1.82) is 0 Å². The molecular weight excluding hydrogens is 182 g/mol.